The van der Waals surface area contributed by atoms with Gasteiger partial charge in [0.15, 0.2) is 10.8 Å². The number of hydrogen-bond acceptors (Lipinski definition) is 6. The summed E-state index contributed by atoms with van der Waals surface area (Å²) in [5.41, 5.74) is 0.793. The molecule has 126 valence electrons. The van der Waals surface area contributed by atoms with E-state index < -0.39 is 0 Å². The van der Waals surface area contributed by atoms with Gasteiger partial charge in [0.2, 0.25) is 5.91 Å². The lowest BCUT2D eigenvalue weighted by Gasteiger charge is -2.31. The molecule has 8 nitrogen and oxygen atoms in total. The normalized spacial score (nSPS) is 18.4. The number of ether oxygens (including phenoxy) is 1. The van der Waals surface area contributed by atoms with Crippen molar-refractivity contribution in [1.82, 2.24) is 29.5 Å². The maximum absolute atomic E-state index is 12.6. The van der Waals surface area contributed by atoms with Gasteiger partial charge in [0.25, 0.3) is 0 Å². The van der Waals surface area contributed by atoms with E-state index in [1.807, 2.05) is 34.0 Å². The van der Waals surface area contributed by atoms with Crippen molar-refractivity contribution in [2.45, 2.75) is 25.9 Å². The second-order valence-electron chi connectivity index (χ2n) is 5.69. The summed E-state index contributed by atoms with van der Waals surface area (Å²) in [5, 5.41) is 9.06. The maximum atomic E-state index is 12.6. The highest BCUT2D eigenvalue weighted by Gasteiger charge is 2.28. The first-order valence-corrected chi connectivity index (χ1v) is 8.82. The maximum Gasteiger partial charge on any atom is 0.228 e. The first-order chi connectivity index (χ1) is 11.7. The highest BCUT2D eigenvalue weighted by molar-refractivity contribution is 7.15. The predicted octanol–water partition coefficient (Wildman–Crippen LogP) is 1.22. The fourth-order valence-electron chi connectivity index (χ4n) is 2.77. The van der Waals surface area contributed by atoms with Crippen LogP contribution in [-0.2, 0) is 22.4 Å². The quantitative estimate of drug-likeness (QED) is 0.767. The molecule has 9 heteroatoms. The van der Waals surface area contributed by atoms with Crippen molar-refractivity contribution in [2.24, 2.45) is 0 Å². The van der Waals surface area contributed by atoms with E-state index in [9.17, 15) is 4.79 Å². The van der Waals surface area contributed by atoms with Gasteiger partial charge in [-0.15, -0.1) is 11.3 Å². The number of amides is 1. The number of thiazole rings is 1. The SMILES string of the molecule is CCc1nc([C@@H]2CN(C(=O)Cc3cn4ccsc4n3)CCO2)n[nH]1. The predicted molar refractivity (Wildman–Crippen MR) is 87.8 cm³/mol. The van der Waals surface area contributed by atoms with E-state index in [2.05, 4.69) is 20.2 Å². The molecule has 4 heterocycles. The Kier molecular flexibility index (Phi) is 4.03. The second kappa shape index (κ2) is 6.33. The van der Waals surface area contributed by atoms with Gasteiger partial charge in [-0.05, 0) is 0 Å². The third-order valence-corrected chi connectivity index (χ3v) is 4.84. The van der Waals surface area contributed by atoms with E-state index in [0.29, 0.717) is 31.9 Å². The van der Waals surface area contributed by atoms with Crippen LogP contribution < -0.4 is 0 Å². The van der Waals surface area contributed by atoms with Gasteiger partial charge in [-0.3, -0.25) is 14.3 Å². The summed E-state index contributed by atoms with van der Waals surface area (Å²) in [6, 6.07) is 0. The molecule has 1 atom stereocenters. The molecular weight excluding hydrogens is 328 g/mol. The number of aryl methyl sites for hydroxylation is 1. The molecular formula is C15H18N6O2S. The fraction of sp³-hybridized carbons (Fsp3) is 0.467. The van der Waals surface area contributed by atoms with E-state index in [-0.39, 0.29) is 12.0 Å². The first-order valence-electron chi connectivity index (χ1n) is 7.94. The lowest BCUT2D eigenvalue weighted by Crippen LogP contribution is -2.43. The highest BCUT2D eigenvalue weighted by atomic mass is 32.1. The van der Waals surface area contributed by atoms with Crippen LogP contribution in [-0.4, -0.2) is 55.1 Å². The lowest BCUT2D eigenvalue weighted by molar-refractivity contribution is -0.138. The van der Waals surface area contributed by atoms with Gasteiger partial charge in [-0.25, -0.2) is 9.97 Å². The summed E-state index contributed by atoms with van der Waals surface area (Å²) in [6.07, 6.45) is 4.67. The number of nitrogens with zero attached hydrogens (tertiary/aromatic N) is 5. The van der Waals surface area contributed by atoms with Crippen LogP contribution in [0.5, 0.6) is 0 Å². The van der Waals surface area contributed by atoms with Gasteiger partial charge < -0.3 is 9.64 Å². The van der Waals surface area contributed by atoms with E-state index in [1.54, 1.807) is 11.3 Å². The van der Waals surface area contributed by atoms with Crippen molar-refractivity contribution in [1.29, 1.82) is 0 Å². The Bertz CT molecular complexity index is 825. The number of carbonyl (C=O) groups is 1. The Labute approximate surface area is 142 Å². The number of hydrogen-bond donors (Lipinski definition) is 1. The number of imidazole rings is 1. The molecule has 1 aliphatic heterocycles. The molecule has 1 fully saturated rings. The molecule has 3 aromatic rings. The van der Waals surface area contributed by atoms with Crippen molar-refractivity contribution in [3.63, 3.8) is 0 Å². The van der Waals surface area contributed by atoms with Crippen molar-refractivity contribution in [3.8, 4) is 0 Å². The van der Waals surface area contributed by atoms with Crippen molar-refractivity contribution in [2.75, 3.05) is 19.7 Å². The molecule has 1 saturated heterocycles. The van der Waals surface area contributed by atoms with Gasteiger partial charge in [-0.2, -0.15) is 5.10 Å². The van der Waals surface area contributed by atoms with Gasteiger partial charge >= 0.3 is 0 Å². The summed E-state index contributed by atoms with van der Waals surface area (Å²) < 4.78 is 7.67. The molecule has 4 rings (SSSR count). The van der Waals surface area contributed by atoms with Crippen LogP contribution in [0.2, 0.25) is 0 Å². The molecule has 0 saturated carbocycles. The van der Waals surface area contributed by atoms with Crippen molar-refractivity contribution in [3.05, 3.63) is 35.1 Å². The average molecular weight is 346 g/mol. The minimum atomic E-state index is -0.273. The molecule has 0 aliphatic carbocycles. The molecule has 3 aromatic heterocycles. The van der Waals surface area contributed by atoms with Gasteiger partial charge in [0.05, 0.1) is 25.3 Å². The number of fused-ring (bicyclic) bond motifs is 1. The topological polar surface area (TPSA) is 88.4 Å². The van der Waals surface area contributed by atoms with Crippen LogP contribution in [0, 0.1) is 0 Å². The number of nitrogens with one attached hydrogen (secondary N) is 1. The molecule has 1 aliphatic rings. The molecule has 1 N–H and O–H groups in total. The van der Waals surface area contributed by atoms with Crippen LogP contribution in [0.25, 0.3) is 4.96 Å². The van der Waals surface area contributed by atoms with E-state index in [4.69, 9.17) is 4.74 Å². The second-order valence-corrected chi connectivity index (χ2v) is 6.57. The number of rotatable bonds is 4. The highest BCUT2D eigenvalue weighted by Crippen LogP contribution is 2.20. The van der Waals surface area contributed by atoms with E-state index in [1.165, 1.54) is 0 Å². The van der Waals surface area contributed by atoms with Crippen LogP contribution in [0.15, 0.2) is 17.8 Å². The Morgan fingerprint density at radius 3 is 3.21 bits per heavy atom. The number of aromatic amines is 1. The molecule has 24 heavy (non-hydrogen) atoms. The fourth-order valence-corrected chi connectivity index (χ4v) is 3.49. The average Bonchev–Trinajstić information content (AvgIpc) is 3.30. The van der Waals surface area contributed by atoms with Crippen LogP contribution >= 0.6 is 11.3 Å². The Morgan fingerprint density at radius 2 is 2.42 bits per heavy atom. The zero-order valence-corrected chi connectivity index (χ0v) is 14.1. The summed E-state index contributed by atoms with van der Waals surface area (Å²) >= 11 is 1.56. The number of H-pyrrole nitrogens is 1. The summed E-state index contributed by atoms with van der Waals surface area (Å²) in [4.78, 5) is 24.2. The van der Waals surface area contributed by atoms with Crippen LogP contribution in [0.1, 0.15) is 30.4 Å². The third-order valence-electron chi connectivity index (χ3n) is 4.07. The number of carbonyl (C=O) groups excluding carboxylic acids is 1. The van der Waals surface area contributed by atoms with Crippen LogP contribution in [0.4, 0.5) is 0 Å². The van der Waals surface area contributed by atoms with Crippen molar-refractivity contribution < 1.29 is 9.53 Å². The molecule has 0 aromatic carbocycles. The standard InChI is InChI=1S/C15H18N6O2S/c1-2-12-17-14(19-18-12)11-9-20(3-5-23-11)13(22)7-10-8-21-4-6-24-15(21)16-10/h4,6,8,11H,2-3,5,7,9H2,1H3,(H,17,18,19)/t11-/m0/s1. The summed E-state index contributed by atoms with van der Waals surface area (Å²) in [5.74, 6) is 1.50. The van der Waals surface area contributed by atoms with E-state index in [0.717, 1.165) is 22.9 Å². The molecule has 0 unspecified atom stereocenters. The summed E-state index contributed by atoms with van der Waals surface area (Å²) in [6.45, 7) is 3.56. The minimum absolute atomic E-state index is 0.0558. The van der Waals surface area contributed by atoms with Gasteiger partial charge in [-0.1, -0.05) is 6.92 Å². The van der Waals surface area contributed by atoms with Crippen LogP contribution in [0.3, 0.4) is 0 Å². The monoisotopic (exact) mass is 346 g/mol. The zero-order chi connectivity index (χ0) is 16.5. The number of aromatic nitrogens is 5. The van der Waals surface area contributed by atoms with Gasteiger partial charge in [0, 0.05) is 30.7 Å². The van der Waals surface area contributed by atoms with Gasteiger partial charge in [0.1, 0.15) is 11.9 Å². The van der Waals surface area contributed by atoms with E-state index >= 15 is 0 Å². The van der Waals surface area contributed by atoms with Crippen molar-refractivity contribution >= 4 is 22.2 Å². The Morgan fingerprint density at radius 1 is 1.50 bits per heavy atom. The molecule has 0 bridgehead atoms. The third kappa shape index (κ3) is 2.92. The Hall–Kier alpha value is -2.26. The minimum Gasteiger partial charge on any atom is -0.366 e. The molecule has 0 spiro atoms. The number of morpholine rings is 1. The molecule has 1 amide bonds. The Balaban J connectivity index is 1.43. The zero-order valence-electron chi connectivity index (χ0n) is 13.3. The molecule has 0 radical (unpaired) electrons. The smallest absolute Gasteiger partial charge is 0.228 e. The lowest BCUT2D eigenvalue weighted by atomic mass is 10.2. The first kappa shape index (κ1) is 15.3. The largest absolute Gasteiger partial charge is 0.366 e. The summed E-state index contributed by atoms with van der Waals surface area (Å²) in [7, 11) is 0.